The molecule has 0 radical (unpaired) electrons. The Kier molecular flexibility index (Phi) is 5.91. The van der Waals surface area contributed by atoms with Crippen molar-refractivity contribution >= 4 is 0 Å². The predicted octanol–water partition coefficient (Wildman–Crippen LogP) is 5.00. The molecule has 1 saturated carbocycles. The summed E-state index contributed by atoms with van der Waals surface area (Å²) in [7, 11) is 0. The fraction of sp³-hybridized carbons (Fsp3) is 0.667. The highest BCUT2D eigenvalue weighted by atomic mass is 14.7. The minimum Gasteiger partial charge on any atom is -0.324 e. The normalized spacial score (nSPS) is 19.7. The topological polar surface area (TPSA) is 26.0 Å². The van der Waals surface area contributed by atoms with Gasteiger partial charge in [0.15, 0.2) is 0 Å². The molecule has 106 valence electrons. The lowest BCUT2D eigenvalue weighted by Gasteiger charge is -2.26. The fourth-order valence-electron chi connectivity index (χ4n) is 3.31. The highest BCUT2D eigenvalue weighted by Crippen LogP contribution is 2.31. The lowest BCUT2D eigenvalue weighted by Crippen LogP contribution is -2.22. The minimum absolute atomic E-state index is 0.244. The maximum absolute atomic E-state index is 6.51. The average Bonchev–Trinajstić information content (AvgIpc) is 2.39. The molecule has 1 unspecified atom stereocenters. The van der Waals surface area contributed by atoms with E-state index in [1.54, 1.807) is 0 Å². The molecule has 2 rings (SSSR count). The van der Waals surface area contributed by atoms with Crippen molar-refractivity contribution in [3.63, 3.8) is 0 Å². The smallest absolute Gasteiger partial charge is 0.0323 e. The molecular weight excluding hydrogens is 230 g/mol. The Morgan fingerprint density at radius 3 is 2.16 bits per heavy atom. The van der Waals surface area contributed by atoms with Crippen molar-refractivity contribution in [3.8, 4) is 0 Å². The van der Waals surface area contributed by atoms with Crippen molar-refractivity contribution in [2.24, 2.45) is 11.7 Å². The van der Waals surface area contributed by atoms with Crippen LogP contribution >= 0.6 is 0 Å². The van der Waals surface area contributed by atoms with Crippen molar-refractivity contribution in [2.75, 3.05) is 0 Å². The standard InChI is InChI=1S/C18H29N/c1-2-8-15-11-13-17(14-12-15)18(19)16-9-6-4-3-5-7-10-16/h11-14,16,18H,2-10,19H2,1H3. The summed E-state index contributed by atoms with van der Waals surface area (Å²) in [5.74, 6) is 0.692. The molecule has 2 N–H and O–H groups in total. The molecule has 1 heteroatoms. The molecule has 0 aromatic heterocycles. The largest absolute Gasteiger partial charge is 0.324 e. The van der Waals surface area contributed by atoms with E-state index in [1.807, 2.05) is 0 Å². The van der Waals surface area contributed by atoms with Gasteiger partial charge in [0, 0.05) is 6.04 Å². The van der Waals surface area contributed by atoms with Gasteiger partial charge in [-0.25, -0.2) is 0 Å². The molecule has 0 spiro atoms. The van der Waals surface area contributed by atoms with Gasteiger partial charge in [-0.1, -0.05) is 69.7 Å². The van der Waals surface area contributed by atoms with Crippen molar-refractivity contribution in [3.05, 3.63) is 35.4 Å². The second kappa shape index (κ2) is 7.69. The maximum Gasteiger partial charge on any atom is 0.0323 e. The zero-order valence-electron chi connectivity index (χ0n) is 12.4. The summed E-state index contributed by atoms with van der Waals surface area (Å²) in [6.07, 6.45) is 12.0. The van der Waals surface area contributed by atoms with Gasteiger partial charge in [0.25, 0.3) is 0 Å². The first-order valence-corrected chi connectivity index (χ1v) is 8.15. The lowest BCUT2D eigenvalue weighted by molar-refractivity contribution is 0.327. The molecule has 19 heavy (non-hydrogen) atoms. The highest BCUT2D eigenvalue weighted by molar-refractivity contribution is 5.25. The SMILES string of the molecule is CCCc1ccc(C(N)C2CCCCCCC2)cc1. The molecule has 1 aromatic carbocycles. The van der Waals surface area contributed by atoms with Crippen LogP contribution in [-0.2, 0) is 6.42 Å². The van der Waals surface area contributed by atoms with Gasteiger partial charge in [-0.2, -0.15) is 0 Å². The van der Waals surface area contributed by atoms with Crippen LogP contribution in [0.1, 0.15) is 75.5 Å². The van der Waals surface area contributed by atoms with Gasteiger partial charge in [0.05, 0.1) is 0 Å². The number of rotatable bonds is 4. The highest BCUT2D eigenvalue weighted by Gasteiger charge is 2.20. The molecule has 0 bridgehead atoms. The molecular formula is C18H29N. The quantitative estimate of drug-likeness (QED) is 0.809. The van der Waals surface area contributed by atoms with Crippen LogP contribution in [0.5, 0.6) is 0 Å². The van der Waals surface area contributed by atoms with Crippen molar-refractivity contribution in [2.45, 2.75) is 70.8 Å². The maximum atomic E-state index is 6.51. The van der Waals surface area contributed by atoms with Gasteiger partial charge in [-0.15, -0.1) is 0 Å². The number of aryl methyl sites for hydroxylation is 1. The first-order valence-electron chi connectivity index (χ1n) is 8.15. The lowest BCUT2D eigenvalue weighted by atomic mass is 9.83. The van der Waals surface area contributed by atoms with E-state index in [1.165, 1.54) is 68.9 Å². The van der Waals surface area contributed by atoms with Gasteiger partial charge in [0.2, 0.25) is 0 Å². The predicted molar refractivity (Wildman–Crippen MR) is 83.2 cm³/mol. The van der Waals surface area contributed by atoms with Crippen molar-refractivity contribution < 1.29 is 0 Å². The third kappa shape index (κ3) is 4.35. The van der Waals surface area contributed by atoms with Crippen LogP contribution in [0.15, 0.2) is 24.3 Å². The summed E-state index contributed by atoms with van der Waals surface area (Å²) in [6, 6.07) is 9.29. The van der Waals surface area contributed by atoms with Gasteiger partial charge < -0.3 is 5.73 Å². The van der Waals surface area contributed by atoms with Crippen LogP contribution in [0.25, 0.3) is 0 Å². The Morgan fingerprint density at radius 1 is 1.00 bits per heavy atom. The minimum atomic E-state index is 0.244. The summed E-state index contributed by atoms with van der Waals surface area (Å²) >= 11 is 0. The van der Waals surface area contributed by atoms with E-state index >= 15 is 0 Å². The molecule has 1 fully saturated rings. The van der Waals surface area contributed by atoms with Crippen LogP contribution in [0.3, 0.4) is 0 Å². The fourth-order valence-corrected chi connectivity index (χ4v) is 3.31. The Balaban J connectivity index is 1.98. The second-order valence-electron chi connectivity index (χ2n) is 6.12. The zero-order valence-corrected chi connectivity index (χ0v) is 12.4. The number of hydrogen-bond donors (Lipinski definition) is 1. The van der Waals surface area contributed by atoms with E-state index in [0.29, 0.717) is 5.92 Å². The van der Waals surface area contributed by atoms with Gasteiger partial charge in [-0.3, -0.25) is 0 Å². The Hall–Kier alpha value is -0.820. The van der Waals surface area contributed by atoms with Gasteiger partial charge in [0.1, 0.15) is 0 Å². The van der Waals surface area contributed by atoms with Crippen LogP contribution in [0.2, 0.25) is 0 Å². The van der Waals surface area contributed by atoms with Gasteiger partial charge in [-0.05, 0) is 36.3 Å². The number of benzene rings is 1. The van der Waals surface area contributed by atoms with E-state index in [0.717, 1.165) is 0 Å². The summed E-state index contributed by atoms with van der Waals surface area (Å²) in [4.78, 5) is 0. The molecule has 0 amide bonds. The van der Waals surface area contributed by atoms with E-state index in [2.05, 4.69) is 31.2 Å². The summed E-state index contributed by atoms with van der Waals surface area (Å²) in [5.41, 5.74) is 9.29. The third-order valence-electron chi connectivity index (χ3n) is 4.56. The van der Waals surface area contributed by atoms with Crippen LogP contribution in [-0.4, -0.2) is 0 Å². The third-order valence-corrected chi connectivity index (χ3v) is 4.56. The first kappa shape index (κ1) is 14.6. The first-order chi connectivity index (χ1) is 9.31. The van der Waals surface area contributed by atoms with Gasteiger partial charge >= 0.3 is 0 Å². The van der Waals surface area contributed by atoms with E-state index in [9.17, 15) is 0 Å². The molecule has 0 aliphatic heterocycles. The monoisotopic (exact) mass is 259 g/mol. The van der Waals surface area contributed by atoms with Crippen LogP contribution in [0, 0.1) is 5.92 Å². The average molecular weight is 259 g/mol. The van der Waals surface area contributed by atoms with E-state index in [4.69, 9.17) is 5.73 Å². The second-order valence-corrected chi connectivity index (χ2v) is 6.12. The Labute approximate surface area is 118 Å². The van der Waals surface area contributed by atoms with E-state index < -0.39 is 0 Å². The van der Waals surface area contributed by atoms with Crippen LogP contribution < -0.4 is 5.73 Å². The molecule has 1 atom stereocenters. The van der Waals surface area contributed by atoms with Crippen LogP contribution in [0.4, 0.5) is 0 Å². The molecule has 1 aromatic rings. The number of nitrogens with two attached hydrogens (primary N) is 1. The van der Waals surface area contributed by atoms with Crippen molar-refractivity contribution in [1.29, 1.82) is 0 Å². The summed E-state index contributed by atoms with van der Waals surface area (Å²) in [5, 5.41) is 0. The van der Waals surface area contributed by atoms with Crippen molar-refractivity contribution in [1.82, 2.24) is 0 Å². The molecule has 1 aliphatic carbocycles. The Morgan fingerprint density at radius 2 is 1.58 bits per heavy atom. The summed E-state index contributed by atoms with van der Waals surface area (Å²) < 4.78 is 0. The molecule has 1 aliphatic rings. The zero-order chi connectivity index (χ0) is 13.5. The number of hydrogen-bond acceptors (Lipinski definition) is 1. The molecule has 0 saturated heterocycles. The van der Waals surface area contributed by atoms with E-state index in [-0.39, 0.29) is 6.04 Å². The Bertz CT molecular complexity index is 346. The molecule has 1 nitrogen and oxygen atoms in total. The molecule has 0 heterocycles. The summed E-state index contributed by atoms with van der Waals surface area (Å²) in [6.45, 7) is 2.23.